The number of rotatable bonds is 10. The van der Waals surface area contributed by atoms with Crippen LogP contribution >= 0.6 is 23.1 Å². The third kappa shape index (κ3) is 7.90. The van der Waals surface area contributed by atoms with Crippen molar-refractivity contribution >= 4 is 46.0 Å². The molecule has 0 bridgehead atoms. The summed E-state index contributed by atoms with van der Waals surface area (Å²) in [4.78, 5) is 46.7. The molecule has 0 aliphatic carbocycles. The van der Waals surface area contributed by atoms with E-state index in [1.54, 1.807) is 42.2 Å². The second-order valence-electron chi connectivity index (χ2n) is 10.6. The number of amides is 3. The highest BCUT2D eigenvalue weighted by Gasteiger charge is 2.26. The molecule has 3 amide bonds. The van der Waals surface area contributed by atoms with Crippen LogP contribution in [0.15, 0.2) is 51.7 Å². The van der Waals surface area contributed by atoms with Gasteiger partial charge in [-0.05, 0) is 55.2 Å². The van der Waals surface area contributed by atoms with Gasteiger partial charge in [-0.1, -0.05) is 49.1 Å². The quantitative estimate of drug-likeness (QED) is 0.313. The Labute approximate surface area is 255 Å². The fraction of sp³-hybridized carbons (Fsp3) is 0.419. The molecule has 1 fully saturated rings. The fourth-order valence-corrected chi connectivity index (χ4v) is 6.25. The maximum atomic E-state index is 13.4. The van der Waals surface area contributed by atoms with Gasteiger partial charge in [-0.15, -0.1) is 0 Å². The van der Waals surface area contributed by atoms with Crippen LogP contribution < -0.4 is 10.1 Å². The summed E-state index contributed by atoms with van der Waals surface area (Å²) in [6, 6.07) is 11.1. The highest BCUT2D eigenvalue weighted by Crippen LogP contribution is 2.38. The molecule has 1 unspecified atom stereocenters. The number of piperazine rings is 1. The summed E-state index contributed by atoms with van der Waals surface area (Å²) in [5.74, 6) is 0.614. The number of thiazole rings is 1. The van der Waals surface area contributed by atoms with Crippen molar-refractivity contribution in [3.8, 4) is 5.75 Å². The number of carbonyl (C=O) groups is 3. The van der Waals surface area contributed by atoms with Crippen molar-refractivity contribution < 1.29 is 23.9 Å². The van der Waals surface area contributed by atoms with E-state index in [-0.39, 0.29) is 23.8 Å². The molecule has 1 saturated heterocycles. The minimum Gasteiger partial charge on any atom is -0.496 e. The average Bonchev–Trinajstić information content (AvgIpc) is 3.42. The normalized spacial score (nSPS) is 14.2. The molecule has 4 rings (SSSR count). The van der Waals surface area contributed by atoms with Gasteiger partial charge in [0.15, 0.2) is 5.13 Å². The standard InChI is InChI=1S/C31H38N4O5S2/c1-19(2)21(4)40-18-23-7-9-24(10-8-23)29(37)33-31-32-17-28(42-31)41-27-16-25(26(39-6)15-20(27)3)30(38)35-13-11-34(12-14-35)22(5)36/h7-10,15-17,19,21H,11-14,18H2,1-6H3,(H,32,33,37). The van der Waals surface area contributed by atoms with Crippen LogP contribution in [0, 0.1) is 12.8 Å². The molecular weight excluding hydrogens is 572 g/mol. The molecule has 224 valence electrons. The first-order valence-corrected chi connectivity index (χ1v) is 15.6. The van der Waals surface area contributed by atoms with E-state index < -0.39 is 0 Å². The van der Waals surface area contributed by atoms with E-state index in [0.717, 1.165) is 20.2 Å². The van der Waals surface area contributed by atoms with Crippen LogP contribution in [0.4, 0.5) is 5.13 Å². The number of methoxy groups -OCH3 is 1. The zero-order chi connectivity index (χ0) is 30.4. The zero-order valence-corrected chi connectivity index (χ0v) is 26.6. The van der Waals surface area contributed by atoms with Gasteiger partial charge in [0.2, 0.25) is 5.91 Å². The van der Waals surface area contributed by atoms with E-state index in [0.29, 0.717) is 60.7 Å². The number of nitrogens with one attached hydrogen (secondary N) is 1. The Kier molecular flexibility index (Phi) is 10.6. The smallest absolute Gasteiger partial charge is 0.257 e. The van der Waals surface area contributed by atoms with Gasteiger partial charge >= 0.3 is 0 Å². The summed E-state index contributed by atoms with van der Waals surface area (Å²) in [5, 5.41) is 3.37. The summed E-state index contributed by atoms with van der Waals surface area (Å²) in [5.41, 5.74) is 2.99. The Balaban J connectivity index is 1.40. The Morgan fingerprint density at radius 2 is 1.71 bits per heavy atom. The van der Waals surface area contributed by atoms with Gasteiger partial charge in [0, 0.05) is 43.6 Å². The van der Waals surface area contributed by atoms with E-state index in [9.17, 15) is 14.4 Å². The lowest BCUT2D eigenvalue weighted by Gasteiger charge is -2.34. The number of aromatic nitrogens is 1. The van der Waals surface area contributed by atoms with Crippen LogP contribution in [0.2, 0.25) is 0 Å². The van der Waals surface area contributed by atoms with Gasteiger partial charge in [0.1, 0.15) is 5.75 Å². The number of hydrogen-bond donors (Lipinski definition) is 1. The third-order valence-corrected chi connectivity index (χ3v) is 9.50. The Bertz CT molecular complexity index is 1420. The molecule has 0 spiro atoms. The SMILES string of the molecule is COc1cc(C)c(Sc2cnc(NC(=O)c3ccc(COC(C)C(C)C)cc3)s2)cc1C(=O)N1CCN(C(C)=O)CC1. The van der Waals surface area contributed by atoms with Crippen molar-refractivity contribution in [2.45, 2.75) is 56.4 Å². The summed E-state index contributed by atoms with van der Waals surface area (Å²) in [7, 11) is 1.55. The number of nitrogens with zero attached hydrogens (tertiary/aromatic N) is 3. The van der Waals surface area contributed by atoms with E-state index >= 15 is 0 Å². The minimum absolute atomic E-state index is 0.0176. The fourth-order valence-electron chi connectivity index (χ4n) is 4.32. The minimum atomic E-state index is -0.234. The molecule has 1 aromatic heterocycles. The van der Waals surface area contributed by atoms with Crippen LogP contribution in [0.1, 0.15) is 59.5 Å². The highest BCUT2D eigenvalue weighted by atomic mass is 32.2. The first-order valence-electron chi connectivity index (χ1n) is 13.9. The second-order valence-corrected chi connectivity index (χ2v) is 13.0. The summed E-state index contributed by atoms with van der Waals surface area (Å²) in [6.07, 6.45) is 1.88. The average molecular weight is 611 g/mol. The molecule has 2 heterocycles. The molecule has 9 nitrogen and oxygen atoms in total. The largest absolute Gasteiger partial charge is 0.496 e. The Hall–Kier alpha value is -3.41. The van der Waals surface area contributed by atoms with Crippen molar-refractivity contribution in [2.24, 2.45) is 5.92 Å². The van der Waals surface area contributed by atoms with Crippen LogP contribution in [0.3, 0.4) is 0 Å². The number of ether oxygens (including phenoxy) is 2. The lowest BCUT2D eigenvalue weighted by atomic mass is 10.1. The highest BCUT2D eigenvalue weighted by molar-refractivity contribution is 8.01. The topological polar surface area (TPSA) is 101 Å². The van der Waals surface area contributed by atoms with Gasteiger partial charge in [0.25, 0.3) is 11.8 Å². The van der Waals surface area contributed by atoms with E-state index in [2.05, 4.69) is 31.1 Å². The van der Waals surface area contributed by atoms with Crippen molar-refractivity contribution in [3.05, 3.63) is 64.8 Å². The number of hydrogen-bond acceptors (Lipinski definition) is 8. The van der Waals surface area contributed by atoms with Crippen molar-refractivity contribution in [1.29, 1.82) is 0 Å². The molecule has 1 N–H and O–H groups in total. The van der Waals surface area contributed by atoms with Crippen LogP contribution in [-0.4, -0.2) is 71.9 Å². The molecule has 42 heavy (non-hydrogen) atoms. The molecular formula is C31H38N4O5S2. The van der Waals surface area contributed by atoms with Gasteiger partial charge < -0.3 is 19.3 Å². The number of carbonyl (C=O) groups excluding carboxylic acids is 3. The van der Waals surface area contributed by atoms with Crippen LogP contribution in [-0.2, 0) is 16.1 Å². The summed E-state index contributed by atoms with van der Waals surface area (Å²) in [6.45, 7) is 12.3. The number of aryl methyl sites for hydroxylation is 1. The third-order valence-electron chi connectivity index (χ3n) is 7.32. The van der Waals surface area contributed by atoms with Gasteiger partial charge in [0.05, 0.1) is 35.8 Å². The summed E-state index contributed by atoms with van der Waals surface area (Å²) >= 11 is 2.85. The van der Waals surface area contributed by atoms with E-state index in [1.165, 1.54) is 23.1 Å². The van der Waals surface area contributed by atoms with Crippen molar-refractivity contribution in [2.75, 3.05) is 38.6 Å². The monoisotopic (exact) mass is 610 g/mol. The Morgan fingerprint density at radius 3 is 2.33 bits per heavy atom. The predicted molar refractivity (Wildman–Crippen MR) is 166 cm³/mol. The molecule has 11 heteroatoms. The molecule has 0 saturated carbocycles. The Morgan fingerprint density at radius 1 is 1.05 bits per heavy atom. The molecule has 1 aliphatic heterocycles. The lowest BCUT2D eigenvalue weighted by molar-refractivity contribution is -0.130. The molecule has 0 radical (unpaired) electrons. The summed E-state index contributed by atoms with van der Waals surface area (Å²) < 4.78 is 12.3. The van der Waals surface area contributed by atoms with Crippen LogP contribution in [0.5, 0.6) is 5.75 Å². The molecule has 3 aromatic rings. The predicted octanol–water partition coefficient (Wildman–Crippen LogP) is 5.73. The van der Waals surface area contributed by atoms with Gasteiger partial charge in [-0.25, -0.2) is 4.98 Å². The van der Waals surface area contributed by atoms with Gasteiger partial charge in [-0.2, -0.15) is 0 Å². The first kappa shape index (κ1) is 31.5. The van der Waals surface area contributed by atoms with Crippen LogP contribution in [0.25, 0.3) is 0 Å². The molecule has 2 aromatic carbocycles. The zero-order valence-electron chi connectivity index (χ0n) is 24.9. The second kappa shape index (κ2) is 14.2. The van der Waals surface area contributed by atoms with Gasteiger partial charge in [-0.3, -0.25) is 19.7 Å². The maximum Gasteiger partial charge on any atom is 0.257 e. The first-order chi connectivity index (χ1) is 20.0. The molecule has 1 atom stereocenters. The maximum absolute atomic E-state index is 13.4. The number of anilines is 1. The van der Waals surface area contributed by atoms with Crippen molar-refractivity contribution in [3.63, 3.8) is 0 Å². The van der Waals surface area contributed by atoms with Crippen molar-refractivity contribution in [1.82, 2.24) is 14.8 Å². The van der Waals surface area contributed by atoms with E-state index in [4.69, 9.17) is 9.47 Å². The molecule has 1 aliphatic rings. The number of benzene rings is 2. The van der Waals surface area contributed by atoms with E-state index in [1.807, 2.05) is 31.2 Å². The lowest BCUT2D eigenvalue weighted by Crippen LogP contribution is -2.50.